The zero-order valence-corrected chi connectivity index (χ0v) is 15.8. The van der Waals surface area contributed by atoms with Gasteiger partial charge in [-0.2, -0.15) is 4.52 Å². The summed E-state index contributed by atoms with van der Waals surface area (Å²) in [5, 5.41) is 18.1. The molecule has 1 unspecified atom stereocenters. The molecule has 4 rings (SSSR count). The van der Waals surface area contributed by atoms with Crippen molar-refractivity contribution < 1.29 is 19.1 Å². The molecule has 3 heterocycles. The molecule has 1 aromatic carbocycles. The van der Waals surface area contributed by atoms with Crippen LogP contribution in [0.4, 0.5) is 0 Å². The highest BCUT2D eigenvalue weighted by molar-refractivity contribution is 5.90. The Kier molecular flexibility index (Phi) is 5.23. The Morgan fingerprint density at radius 3 is 3.00 bits per heavy atom. The number of nitrogens with zero attached hydrogens (tertiary/aromatic N) is 4. The lowest BCUT2D eigenvalue weighted by molar-refractivity contribution is -0.125. The Hall–Kier alpha value is -3.69. The Bertz CT molecular complexity index is 1050. The molecule has 2 amide bonds. The van der Waals surface area contributed by atoms with E-state index in [4.69, 9.17) is 9.47 Å². The highest BCUT2D eigenvalue weighted by atomic mass is 16.5. The number of aromatic nitrogens is 4. The first-order chi connectivity index (χ1) is 14.1. The topological polar surface area (TPSA) is 120 Å². The van der Waals surface area contributed by atoms with Crippen molar-refractivity contribution >= 4 is 17.5 Å². The molecule has 29 heavy (non-hydrogen) atoms. The van der Waals surface area contributed by atoms with E-state index in [1.54, 1.807) is 23.8 Å². The maximum absolute atomic E-state index is 12.0. The third-order valence-electron chi connectivity index (χ3n) is 4.53. The van der Waals surface area contributed by atoms with E-state index in [1.165, 1.54) is 0 Å². The molecule has 1 aliphatic heterocycles. The standard InChI is InChI=1S/C19H20N6O4/c1-28-13-4-2-3-12(11-13)18-23-22-15-6-8-17(24-25(15)18)29-10-9-20-19(27)14-5-7-16(26)21-14/h2-4,6,8,11,14H,5,7,9-10H2,1H3,(H,20,27)(H,21,26). The van der Waals surface area contributed by atoms with Crippen molar-refractivity contribution in [3.8, 4) is 23.0 Å². The predicted octanol–water partition coefficient (Wildman–Crippen LogP) is 0.573. The zero-order valence-electron chi connectivity index (χ0n) is 15.8. The lowest BCUT2D eigenvalue weighted by Gasteiger charge is -2.11. The van der Waals surface area contributed by atoms with Crippen LogP contribution in [0, 0.1) is 0 Å². The average molecular weight is 396 g/mol. The van der Waals surface area contributed by atoms with E-state index >= 15 is 0 Å². The lowest BCUT2D eigenvalue weighted by Crippen LogP contribution is -2.42. The van der Waals surface area contributed by atoms with Crippen molar-refractivity contribution in [3.05, 3.63) is 36.4 Å². The molecule has 1 saturated heterocycles. The number of ether oxygens (including phenoxy) is 2. The summed E-state index contributed by atoms with van der Waals surface area (Å²) in [6.07, 6.45) is 0.900. The molecular formula is C19H20N6O4. The van der Waals surface area contributed by atoms with Crippen molar-refractivity contribution in [2.75, 3.05) is 20.3 Å². The second-order valence-electron chi connectivity index (χ2n) is 6.50. The van der Waals surface area contributed by atoms with Crippen molar-refractivity contribution in [2.45, 2.75) is 18.9 Å². The highest BCUT2D eigenvalue weighted by Crippen LogP contribution is 2.23. The number of carbonyl (C=O) groups excluding carboxylic acids is 2. The number of hydrogen-bond donors (Lipinski definition) is 2. The van der Waals surface area contributed by atoms with Gasteiger partial charge in [0.1, 0.15) is 18.4 Å². The number of benzene rings is 1. The highest BCUT2D eigenvalue weighted by Gasteiger charge is 2.26. The van der Waals surface area contributed by atoms with Gasteiger partial charge < -0.3 is 20.1 Å². The molecule has 0 spiro atoms. The van der Waals surface area contributed by atoms with Crippen LogP contribution in [0.5, 0.6) is 11.6 Å². The Balaban J connectivity index is 1.39. The van der Waals surface area contributed by atoms with E-state index in [-0.39, 0.29) is 18.4 Å². The maximum Gasteiger partial charge on any atom is 0.242 e. The summed E-state index contributed by atoms with van der Waals surface area (Å²) < 4.78 is 12.5. The SMILES string of the molecule is COc1cccc(-c2nnc3ccc(OCCNC(=O)C4CCC(=O)N4)nn23)c1. The van der Waals surface area contributed by atoms with Crippen LogP contribution in [0.1, 0.15) is 12.8 Å². The number of nitrogens with one attached hydrogen (secondary N) is 2. The molecule has 2 aromatic heterocycles. The van der Waals surface area contributed by atoms with E-state index in [0.29, 0.717) is 42.5 Å². The van der Waals surface area contributed by atoms with E-state index in [0.717, 1.165) is 5.56 Å². The van der Waals surface area contributed by atoms with Crippen LogP contribution < -0.4 is 20.1 Å². The fourth-order valence-electron chi connectivity index (χ4n) is 3.05. The van der Waals surface area contributed by atoms with Gasteiger partial charge >= 0.3 is 0 Å². The first-order valence-electron chi connectivity index (χ1n) is 9.21. The summed E-state index contributed by atoms with van der Waals surface area (Å²) in [7, 11) is 1.60. The molecule has 10 nitrogen and oxygen atoms in total. The first-order valence-corrected chi connectivity index (χ1v) is 9.21. The van der Waals surface area contributed by atoms with Gasteiger partial charge in [0.25, 0.3) is 0 Å². The minimum Gasteiger partial charge on any atom is -0.497 e. The first kappa shape index (κ1) is 18.7. The van der Waals surface area contributed by atoms with Crippen LogP contribution in [-0.4, -0.2) is 57.9 Å². The fourth-order valence-corrected chi connectivity index (χ4v) is 3.05. The molecule has 1 atom stereocenters. The van der Waals surface area contributed by atoms with Crippen LogP contribution in [0.3, 0.4) is 0 Å². The zero-order chi connectivity index (χ0) is 20.2. The number of carbonyl (C=O) groups is 2. The van der Waals surface area contributed by atoms with Gasteiger partial charge in [-0.15, -0.1) is 15.3 Å². The summed E-state index contributed by atoms with van der Waals surface area (Å²) in [6, 6.07) is 10.4. The Morgan fingerprint density at radius 2 is 2.21 bits per heavy atom. The van der Waals surface area contributed by atoms with Crippen LogP contribution in [0.25, 0.3) is 17.0 Å². The van der Waals surface area contributed by atoms with Crippen LogP contribution in [-0.2, 0) is 9.59 Å². The van der Waals surface area contributed by atoms with Gasteiger partial charge in [-0.25, -0.2) is 0 Å². The third kappa shape index (κ3) is 4.10. The maximum atomic E-state index is 12.0. The summed E-state index contributed by atoms with van der Waals surface area (Å²) in [5.74, 6) is 1.35. The van der Waals surface area contributed by atoms with Gasteiger partial charge in [-0.05, 0) is 24.6 Å². The molecule has 150 valence electrons. The van der Waals surface area contributed by atoms with Crippen molar-refractivity contribution in [1.29, 1.82) is 0 Å². The minimum atomic E-state index is -0.459. The number of fused-ring (bicyclic) bond motifs is 1. The van der Waals surface area contributed by atoms with Gasteiger partial charge in [0.05, 0.1) is 13.7 Å². The van der Waals surface area contributed by atoms with Crippen molar-refractivity contribution in [3.63, 3.8) is 0 Å². The Morgan fingerprint density at radius 1 is 1.31 bits per heavy atom. The van der Waals surface area contributed by atoms with Crippen LogP contribution in [0.15, 0.2) is 36.4 Å². The van der Waals surface area contributed by atoms with Crippen molar-refractivity contribution in [2.24, 2.45) is 0 Å². The summed E-state index contributed by atoms with van der Waals surface area (Å²) in [6.45, 7) is 0.539. The lowest BCUT2D eigenvalue weighted by atomic mass is 10.2. The van der Waals surface area contributed by atoms with Gasteiger partial charge in [0.15, 0.2) is 11.5 Å². The molecule has 0 radical (unpaired) electrons. The van der Waals surface area contributed by atoms with Gasteiger partial charge in [-0.3, -0.25) is 9.59 Å². The molecule has 2 N–H and O–H groups in total. The molecule has 0 aliphatic carbocycles. The number of rotatable bonds is 7. The average Bonchev–Trinajstić information content (AvgIpc) is 3.37. The van der Waals surface area contributed by atoms with Crippen LogP contribution >= 0.6 is 0 Å². The van der Waals surface area contributed by atoms with E-state index < -0.39 is 6.04 Å². The summed E-state index contributed by atoms with van der Waals surface area (Å²) >= 11 is 0. The predicted molar refractivity (Wildman–Crippen MR) is 102 cm³/mol. The quantitative estimate of drug-likeness (QED) is 0.560. The van der Waals surface area contributed by atoms with Crippen molar-refractivity contribution in [1.82, 2.24) is 30.4 Å². The molecule has 1 fully saturated rings. The molecular weight excluding hydrogens is 376 g/mol. The molecule has 0 saturated carbocycles. The molecule has 0 bridgehead atoms. The normalized spacial score (nSPS) is 15.9. The minimum absolute atomic E-state index is 0.0975. The second kappa shape index (κ2) is 8.13. The second-order valence-corrected chi connectivity index (χ2v) is 6.50. The monoisotopic (exact) mass is 396 g/mol. The number of amides is 2. The Labute approximate surface area is 166 Å². The smallest absolute Gasteiger partial charge is 0.242 e. The van der Waals surface area contributed by atoms with Gasteiger partial charge in [-0.1, -0.05) is 12.1 Å². The van der Waals surface area contributed by atoms with Gasteiger partial charge in [0.2, 0.25) is 17.7 Å². The molecule has 10 heteroatoms. The van der Waals surface area contributed by atoms with E-state index in [1.807, 2.05) is 24.3 Å². The summed E-state index contributed by atoms with van der Waals surface area (Å²) in [4.78, 5) is 23.1. The molecule has 3 aromatic rings. The number of hydrogen-bond acceptors (Lipinski definition) is 7. The van der Waals surface area contributed by atoms with Gasteiger partial charge in [0, 0.05) is 18.1 Å². The largest absolute Gasteiger partial charge is 0.497 e. The van der Waals surface area contributed by atoms with E-state index in [9.17, 15) is 9.59 Å². The van der Waals surface area contributed by atoms with E-state index in [2.05, 4.69) is 25.9 Å². The fraction of sp³-hybridized carbons (Fsp3) is 0.316. The number of methoxy groups -OCH3 is 1. The third-order valence-corrected chi connectivity index (χ3v) is 4.53. The molecule has 1 aliphatic rings. The summed E-state index contributed by atoms with van der Waals surface area (Å²) in [5.41, 5.74) is 1.40. The van der Waals surface area contributed by atoms with Crippen LogP contribution in [0.2, 0.25) is 0 Å².